The van der Waals surface area contributed by atoms with Crippen molar-refractivity contribution < 1.29 is 19.4 Å². The van der Waals surface area contributed by atoms with Crippen LogP contribution < -0.4 is 21.5 Å². The summed E-state index contributed by atoms with van der Waals surface area (Å²) in [6.45, 7) is 0.105. The molecule has 0 aliphatic heterocycles. The van der Waals surface area contributed by atoms with Gasteiger partial charge in [-0.1, -0.05) is 30.3 Å². The number of hydrogen-bond acceptors (Lipinski definition) is 7. The number of nitrogens with zero attached hydrogens (tertiary/aromatic N) is 3. The Morgan fingerprint density at radius 3 is 2.49 bits per heavy atom. The van der Waals surface area contributed by atoms with Crippen LogP contribution in [0.2, 0.25) is 0 Å². The normalized spacial score (nSPS) is 11.6. The minimum Gasteiger partial charge on any atom is -0.477 e. The first-order valence-electron chi connectivity index (χ1n) is 12.7. The van der Waals surface area contributed by atoms with Crippen LogP contribution in [-0.2, 0) is 22.4 Å². The summed E-state index contributed by atoms with van der Waals surface area (Å²) in [5, 5.41) is 17.3. The molecule has 0 unspecified atom stereocenters. The van der Waals surface area contributed by atoms with E-state index in [0.29, 0.717) is 36.5 Å². The third kappa shape index (κ3) is 7.20. The van der Waals surface area contributed by atoms with Gasteiger partial charge in [0.25, 0.3) is 0 Å². The van der Waals surface area contributed by atoms with E-state index >= 15 is 0 Å². The summed E-state index contributed by atoms with van der Waals surface area (Å²) >= 11 is 0. The number of aromatic nitrogens is 3. The fourth-order valence-corrected chi connectivity index (χ4v) is 4.19. The summed E-state index contributed by atoms with van der Waals surface area (Å²) in [6.07, 6.45) is 4.54. The second kappa shape index (κ2) is 13.2. The first-order chi connectivity index (χ1) is 19.0. The number of nitrogens with one attached hydrogen (secondary N) is 1. The van der Waals surface area contributed by atoms with Crippen molar-refractivity contribution in [1.82, 2.24) is 20.1 Å². The molecule has 0 bridgehead atoms. The average molecular weight is 529 g/mol. The number of benzene rings is 2. The molecule has 0 fully saturated rings. The van der Waals surface area contributed by atoms with Crippen molar-refractivity contribution in [2.75, 3.05) is 18.9 Å². The van der Waals surface area contributed by atoms with Crippen LogP contribution >= 0.6 is 0 Å². The maximum atomic E-state index is 12.6. The van der Waals surface area contributed by atoms with Gasteiger partial charge in [0.15, 0.2) is 0 Å². The molecule has 2 aromatic heterocycles. The third-order valence-corrected chi connectivity index (χ3v) is 6.12. The van der Waals surface area contributed by atoms with E-state index in [2.05, 4.69) is 10.3 Å². The number of aliphatic hydroxyl groups is 1. The standard InChI is InChI=1S/C29H32N6O4/c30-22-10-12-23(13-11-22)35-29(24(14-16-36)27(34-35)21-8-4-15-32-19-21)39-17-5-9-26(37)33-25(28(31)38)18-20-6-2-1-3-7-20/h1-4,6-8,10-13,15,19,25,36H,5,9,14,16-18,30H2,(H2,31,38)(H,33,37)/t25-/m0/s1. The van der Waals surface area contributed by atoms with Crippen molar-refractivity contribution in [3.05, 3.63) is 90.3 Å². The number of carbonyl (C=O) groups is 2. The van der Waals surface area contributed by atoms with E-state index in [1.54, 1.807) is 29.2 Å². The molecule has 6 N–H and O–H groups in total. The number of nitrogens with two attached hydrogens (primary N) is 2. The molecule has 4 rings (SSSR count). The molecule has 39 heavy (non-hydrogen) atoms. The predicted octanol–water partition coefficient (Wildman–Crippen LogP) is 2.42. The summed E-state index contributed by atoms with van der Waals surface area (Å²) in [4.78, 5) is 28.7. The van der Waals surface area contributed by atoms with Crippen molar-refractivity contribution in [2.24, 2.45) is 5.73 Å². The number of amides is 2. The molecule has 2 amide bonds. The van der Waals surface area contributed by atoms with E-state index in [1.165, 1.54) is 0 Å². The smallest absolute Gasteiger partial charge is 0.240 e. The minimum atomic E-state index is -0.800. The number of carbonyl (C=O) groups excluding carboxylic acids is 2. The second-order valence-corrected chi connectivity index (χ2v) is 9.02. The number of pyridine rings is 1. The van der Waals surface area contributed by atoms with Gasteiger partial charge < -0.3 is 26.6 Å². The molecule has 0 spiro atoms. The van der Waals surface area contributed by atoms with Gasteiger partial charge in [0.05, 0.1) is 12.3 Å². The van der Waals surface area contributed by atoms with Gasteiger partial charge in [-0.25, -0.2) is 4.68 Å². The fourth-order valence-electron chi connectivity index (χ4n) is 4.19. The Hall–Kier alpha value is -4.70. The van der Waals surface area contributed by atoms with Crippen LogP contribution in [0.1, 0.15) is 24.0 Å². The van der Waals surface area contributed by atoms with Gasteiger partial charge >= 0.3 is 0 Å². The van der Waals surface area contributed by atoms with Gasteiger partial charge in [-0.3, -0.25) is 14.6 Å². The summed E-state index contributed by atoms with van der Waals surface area (Å²) in [6, 6.07) is 19.5. The lowest BCUT2D eigenvalue weighted by Gasteiger charge is -2.16. The van der Waals surface area contributed by atoms with Gasteiger partial charge in [-0.2, -0.15) is 5.10 Å². The van der Waals surface area contributed by atoms with Crippen LogP contribution in [-0.4, -0.2) is 50.9 Å². The molecule has 2 aromatic carbocycles. The van der Waals surface area contributed by atoms with Crippen molar-refractivity contribution in [1.29, 1.82) is 0 Å². The van der Waals surface area contributed by atoms with Crippen molar-refractivity contribution in [3.8, 4) is 22.8 Å². The number of ether oxygens (including phenoxy) is 1. The van der Waals surface area contributed by atoms with Gasteiger partial charge in [-0.15, -0.1) is 0 Å². The van der Waals surface area contributed by atoms with Crippen LogP contribution in [0.3, 0.4) is 0 Å². The summed E-state index contributed by atoms with van der Waals surface area (Å²) in [5.74, 6) is -0.420. The molecule has 0 radical (unpaired) electrons. The molecule has 10 heteroatoms. The Morgan fingerprint density at radius 1 is 1.05 bits per heavy atom. The van der Waals surface area contributed by atoms with E-state index in [0.717, 1.165) is 22.4 Å². The van der Waals surface area contributed by atoms with E-state index in [-0.39, 0.29) is 25.5 Å². The maximum Gasteiger partial charge on any atom is 0.240 e. The zero-order valence-electron chi connectivity index (χ0n) is 21.5. The maximum absolute atomic E-state index is 12.6. The summed E-state index contributed by atoms with van der Waals surface area (Å²) in [5.41, 5.74) is 15.8. The summed E-state index contributed by atoms with van der Waals surface area (Å²) < 4.78 is 7.83. The zero-order valence-corrected chi connectivity index (χ0v) is 21.5. The lowest BCUT2D eigenvalue weighted by atomic mass is 10.1. The van der Waals surface area contributed by atoms with E-state index < -0.39 is 11.9 Å². The Kier molecular flexibility index (Phi) is 9.25. The molecule has 4 aromatic rings. The van der Waals surface area contributed by atoms with Gasteiger partial charge in [0, 0.05) is 55.1 Å². The SMILES string of the molecule is NC(=O)[C@H](Cc1ccccc1)NC(=O)CCCOc1c(CCO)c(-c2cccnc2)nn1-c1ccc(N)cc1. The monoisotopic (exact) mass is 528 g/mol. The first-order valence-corrected chi connectivity index (χ1v) is 12.7. The molecular formula is C29H32N6O4. The highest BCUT2D eigenvalue weighted by molar-refractivity contribution is 5.86. The lowest BCUT2D eigenvalue weighted by Crippen LogP contribution is -2.45. The van der Waals surface area contributed by atoms with E-state index in [4.69, 9.17) is 21.3 Å². The topological polar surface area (TPSA) is 158 Å². The lowest BCUT2D eigenvalue weighted by molar-refractivity contribution is -0.127. The Balaban J connectivity index is 1.47. The first kappa shape index (κ1) is 27.3. The fraction of sp³-hybridized carbons (Fsp3) is 0.241. The predicted molar refractivity (Wildman–Crippen MR) is 148 cm³/mol. The number of rotatable bonds is 13. The molecule has 10 nitrogen and oxygen atoms in total. The van der Waals surface area contributed by atoms with Crippen LogP contribution in [0.15, 0.2) is 79.1 Å². The number of primary amides is 1. The molecule has 0 aliphatic carbocycles. The Morgan fingerprint density at radius 2 is 1.82 bits per heavy atom. The van der Waals surface area contributed by atoms with Gasteiger partial charge in [0.1, 0.15) is 11.7 Å². The number of hydrogen-bond donors (Lipinski definition) is 4. The zero-order chi connectivity index (χ0) is 27.6. The molecule has 202 valence electrons. The van der Waals surface area contributed by atoms with E-state index in [1.807, 2.05) is 54.6 Å². The average Bonchev–Trinajstić information content (AvgIpc) is 3.30. The molecule has 0 aliphatic rings. The highest BCUT2D eigenvalue weighted by Gasteiger charge is 2.22. The van der Waals surface area contributed by atoms with Crippen LogP contribution in [0, 0.1) is 0 Å². The van der Waals surface area contributed by atoms with Gasteiger partial charge in [-0.05, 0) is 48.4 Å². The summed E-state index contributed by atoms with van der Waals surface area (Å²) in [7, 11) is 0. The van der Waals surface area contributed by atoms with Crippen molar-refractivity contribution in [2.45, 2.75) is 31.7 Å². The molecule has 0 saturated carbocycles. The Labute approximate surface area is 226 Å². The highest BCUT2D eigenvalue weighted by atomic mass is 16.5. The largest absolute Gasteiger partial charge is 0.477 e. The van der Waals surface area contributed by atoms with Crippen LogP contribution in [0.5, 0.6) is 5.88 Å². The number of nitrogen functional groups attached to an aromatic ring is 1. The van der Waals surface area contributed by atoms with E-state index in [9.17, 15) is 14.7 Å². The van der Waals surface area contributed by atoms with Crippen molar-refractivity contribution >= 4 is 17.5 Å². The van der Waals surface area contributed by atoms with Crippen LogP contribution in [0.4, 0.5) is 5.69 Å². The molecule has 2 heterocycles. The molecule has 1 atom stereocenters. The van der Waals surface area contributed by atoms with Crippen molar-refractivity contribution in [3.63, 3.8) is 0 Å². The number of aliphatic hydroxyl groups excluding tert-OH is 1. The second-order valence-electron chi connectivity index (χ2n) is 9.02. The minimum absolute atomic E-state index is 0.102. The number of anilines is 1. The Bertz CT molecular complexity index is 1370. The van der Waals surface area contributed by atoms with Crippen LogP contribution in [0.25, 0.3) is 16.9 Å². The highest BCUT2D eigenvalue weighted by Crippen LogP contribution is 2.33. The molecular weight excluding hydrogens is 496 g/mol. The third-order valence-electron chi connectivity index (χ3n) is 6.12. The quantitative estimate of drug-likeness (QED) is 0.153. The molecule has 0 saturated heterocycles. The van der Waals surface area contributed by atoms with Gasteiger partial charge in [0.2, 0.25) is 17.7 Å².